The van der Waals surface area contributed by atoms with E-state index in [0.717, 1.165) is 25.9 Å². The number of piperidine rings is 1. The van der Waals surface area contributed by atoms with Gasteiger partial charge in [-0.25, -0.2) is 0 Å². The fourth-order valence-corrected chi connectivity index (χ4v) is 3.07. The summed E-state index contributed by atoms with van der Waals surface area (Å²) < 4.78 is 0. The highest BCUT2D eigenvalue weighted by atomic mass is 16.2. The molecule has 0 saturated carbocycles. The zero-order valence-electron chi connectivity index (χ0n) is 13.9. The van der Waals surface area contributed by atoms with Crippen LogP contribution in [-0.2, 0) is 4.79 Å². The minimum atomic E-state index is -0.0128. The maximum absolute atomic E-state index is 12.3. The Hall–Kier alpha value is -0.610. The van der Waals surface area contributed by atoms with Gasteiger partial charge in [0.15, 0.2) is 0 Å². The van der Waals surface area contributed by atoms with Gasteiger partial charge in [-0.2, -0.15) is 0 Å². The van der Waals surface area contributed by atoms with Crippen LogP contribution in [0.25, 0.3) is 0 Å². The highest BCUT2D eigenvalue weighted by Crippen LogP contribution is 2.21. The van der Waals surface area contributed by atoms with E-state index in [1.54, 1.807) is 0 Å². The number of carbonyl (C=O) groups is 1. The van der Waals surface area contributed by atoms with Crippen LogP contribution in [0.4, 0.5) is 0 Å². The van der Waals surface area contributed by atoms with Crippen LogP contribution in [0.3, 0.4) is 0 Å². The second-order valence-electron chi connectivity index (χ2n) is 6.35. The molecule has 1 aliphatic rings. The van der Waals surface area contributed by atoms with Crippen molar-refractivity contribution in [2.75, 3.05) is 20.1 Å². The lowest BCUT2D eigenvalue weighted by Crippen LogP contribution is -2.52. The molecular weight excluding hydrogens is 250 g/mol. The Morgan fingerprint density at radius 1 is 1.35 bits per heavy atom. The lowest BCUT2D eigenvalue weighted by Gasteiger charge is -2.38. The SMILES string of the molecule is CCCC(C)NC(=O)C(C)N1CCCC(C(C)NC)C1. The standard InChI is InChI=1S/C16H33N3O/c1-6-8-12(2)18-16(20)14(4)19-10-7-9-15(11-19)13(3)17-5/h12-15,17H,6-11H2,1-5H3,(H,18,20). The van der Waals surface area contributed by atoms with Gasteiger partial charge in [-0.1, -0.05) is 13.3 Å². The molecule has 0 aromatic carbocycles. The first kappa shape index (κ1) is 17.4. The average molecular weight is 283 g/mol. The fraction of sp³-hybridized carbons (Fsp3) is 0.938. The number of likely N-dealkylation sites (tertiary alicyclic amines) is 1. The third-order valence-electron chi connectivity index (χ3n) is 4.69. The van der Waals surface area contributed by atoms with E-state index in [1.807, 2.05) is 14.0 Å². The maximum atomic E-state index is 12.3. The lowest BCUT2D eigenvalue weighted by molar-refractivity contribution is -0.127. The summed E-state index contributed by atoms with van der Waals surface area (Å²) in [6.07, 6.45) is 4.62. The first-order valence-corrected chi connectivity index (χ1v) is 8.21. The first-order chi connectivity index (χ1) is 9.49. The van der Waals surface area contributed by atoms with E-state index in [4.69, 9.17) is 0 Å². The van der Waals surface area contributed by atoms with Gasteiger partial charge in [-0.15, -0.1) is 0 Å². The van der Waals surface area contributed by atoms with Crippen LogP contribution in [0.15, 0.2) is 0 Å². The monoisotopic (exact) mass is 283 g/mol. The predicted octanol–water partition coefficient (Wildman–Crippen LogP) is 2.00. The molecule has 0 bridgehead atoms. The lowest BCUT2D eigenvalue weighted by atomic mass is 9.91. The average Bonchev–Trinajstić information content (AvgIpc) is 2.45. The first-order valence-electron chi connectivity index (χ1n) is 8.21. The highest BCUT2D eigenvalue weighted by Gasteiger charge is 2.29. The molecule has 0 spiro atoms. The van der Waals surface area contributed by atoms with Crippen LogP contribution in [0.5, 0.6) is 0 Å². The molecule has 1 rings (SSSR count). The Labute approximate surface area is 124 Å². The minimum absolute atomic E-state index is 0.0128. The molecule has 4 nitrogen and oxygen atoms in total. The van der Waals surface area contributed by atoms with Crippen molar-refractivity contribution in [3.05, 3.63) is 0 Å². The molecule has 4 heteroatoms. The summed E-state index contributed by atoms with van der Waals surface area (Å²) in [6, 6.07) is 0.792. The van der Waals surface area contributed by atoms with Crippen LogP contribution in [0.1, 0.15) is 53.4 Å². The van der Waals surface area contributed by atoms with Crippen molar-refractivity contribution in [3.63, 3.8) is 0 Å². The van der Waals surface area contributed by atoms with Crippen molar-refractivity contribution >= 4 is 5.91 Å². The predicted molar refractivity (Wildman–Crippen MR) is 84.8 cm³/mol. The molecule has 1 heterocycles. The Morgan fingerprint density at radius 3 is 2.65 bits per heavy atom. The molecule has 0 aromatic rings. The topological polar surface area (TPSA) is 44.4 Å². The number of nitrogens with one attached hydrogen (secondary N) is 2. The number of hydrogen-bond acceptors (Lipinski definition) is 3. The third-order valence-corrected chi connectivity index (χ3v) is 4.69. The van der Waals surface area contributed by atoms with Crippen LogP contribution < -0.4 is 10.6 Å². The summed E-state index contributed by atoms with van der Waals surface area (Å²) in [5, 5.41) is 6.48. The van der Waals surface area contributed by atoms with Gasteiger partial charge in [-0.05, 0) is 59.5 Å². The van der Waals surface area contributed by atoms with Crippen LogP contribution in [0, 0.1) is 5.92 Å². The van der Waals surface area contributed by atoms with Crippen molar-refractivity contribution < 1.29 is 4.79 Å². The molecule has 1 aliphatic heterocycles. The van der Waals surface area contributed by atoms with Crippen LogP contribution >= 0.6 is 0 Å². The summed E-state index contributed by atoms with van der Waals surface area (Å²) >= 11 is 0. The van der Waals surface area contributed by atoms with Crippen LogP contribution in [-0.4, -0.2) is 49.1 Å². The summed E-state index contributed by atoms with van der Waals surface area (Å²) in [7, 11) is 2.02. The van der Waals surface area contributed by atoms with E-state index in [9.17, 15) is 4.79 Å². The van der Waals surface area contributed by atoms with E-state index in [0.29, 0.717) is 12.0 Å². The number of amides is 1. The van der Waals surface area contributed by atoms with Crippen LogP contribution in [0.2, 0.25) is 0 Å². The smallest absolute Gasteiger partial charge is 0.237 e. The minimum Gasteiger partial charge on any atom is -0.352 e. The molecule has 118 valence electrons. The van der Waals surface area contributed by atoms with Gasteiger partial charge in [0.25, 0.3) is 0 Å². The van der Waals surface area contributed by atoms with E-state index in [1.165, 1.54) is 12.8 Å². The quantitative estimate of drug-likeness (QED) is 0.751. The van der Waals surface area contributed by atoms with Gasteiger partial charge in [0.1, 0.15) is 0 Å². The summed E-state index contributed by atoms with van der Waals surface area (Å²) in [5.74, 6) is 0.834. The summed E-state index contributed by atoms with van der Waals surface area (Å²) in [6.45, 7) is 10.6. The van der Waals surface area contributed by atoms with Crippen molar-refractivity contribution in [3.8, 4) is 0 Å². The van der Waals surface area contributed by atoms with Crippen molar-refractivity contribution in [1.29, 1.82) is 0 Å². The van der Waals surface area contributed by atoms with Gasteiger partial charge >= 0.3 is 0 Å². The van der Waals surface area contributed by atoms with E-state index < -0.39 is 0 Å². The second-order valence-corrected chi connectivity index (χ2v) is 6.35. The van der Waals surface area contributed by atoms with Gasteiger partial charge in [0.05, 0.1) is 6.04 Å². The Bertz CT molecular complexity index is 295. The third kappa shape index (κ3) is 5.06. The maximum Gasteiger partial charge on any atom is 0.237 e. The molecule has 0 aliphatic carbocycles. The molecule has 4 unspecified atom stereocenters. The Balaban J connectivity index is 2.49. The van der Waals surface area contributed by atoms with E-state index in [-0.39, 0.29) is 18.0 Å². The molecule has 1 amide bonds. The molecule has 4 atom stereocenters. The zero-order valence-corrected chi connectivity index (χ0v) is 13.9. The Kier molecular flexibility index (Phi) is 7.52. The normalized spacial score (nSPS) is 24.9. The van der Waals surface area contributed by atoms with E-state index >= 15 is 0 Å². The molecular formula is C16H33N3O. The van der Waals surface area contributed by atoms with Gasteiger partial charge < -0.3 is 10.6 Å². The molecule has 0 radical (unpaired) electrons. The number of carbonyl (C=O) groups excluding carboxylic acids is 1. The van der Waals surface area contributed by atoms with Gasteiger partial charge in [0, 0.05) is 18.6 Å². The Morgan fingerprint density at radius 2 is 2.05 bits per heavy atom. The molecule has 2 N–H and O–H groups in total. The zero-order chi connectivity index (χ0) is 15.1. The fourth-order valence-electron chi connectivity index (χ4n) is 3.07. The molecule has 0 aromatic heterocycles. The summed E-state index contributed by atoms with van der Waals surface area (Å²) in [5.41, 5.74) is 0. The number of rotatable bonds is 7. The summed E-state index contributed by atoms with van der Waals surface area (Å²) in [4.78, 5) is 14.6. The van der Waals surface area contributed by atoms with Gasteiger partial charge in [0.2, 0.25) is 5.91 Å². The van der Waals surface area contributed by atoms with Crippen molar-refractivity contribution in [2.45, 2.75) is 71.5 Å². The van der Waals surface area contributed by atoms with E-state index in [2.05, 4.69) is 36.3 Å². The van der Waals surface area contributed by atoms with Crippen molar-refractivity contribution in [2.24, 2.45) is 5.92 Å². The van der Waals surface area contributed by atoms with Gasteiger partial charge in [-0.3, -0.25) is 9.69 Å². The van der Waals surface area contributed by atoms with Crippen molar-refractivity contribution in [1.82, 2.24) is 15.5 Å². The number of hydrogen-bond donors (Lipinski definition) is 2. The number of nitrogens with zero attached hydrogens (tertiary/aromatic N) is 1. The largest absolute Gasteiger partial charge is 0.352 e. The molecule has 1 saturated heterocycles. The molecule has 1 fully saturated rings. The second kappa shape index (κ2) is 8.63. The highest BCUT2D eigenvalue weighted by molar-refractivity contribution is 5.81. The molecule has 20 heavy (non-hydrogen) atoms.